The zero-order chi connectivity index (χ0) is 28.6. The van der Waals surface area contributed by atoms with Gasteiger partial charge in [-0.2, -0.15) is 39.5 Å². The predicted octanol–water partition coefficient (Wildman–Crippen LogP) is 6.68. The van der Waals surface area contributed by atoms with Gasteiger partial charge in [0.1, 0.15) is 0 Å². The van der Waals surface area contributed by atoms with Gasteiger partial charge in [-0.1, -0.05) is 0 Å². The third-order valence-electron chi connectivity index (χ3n) is 4.60. The highest BCUT2D eigenvalue weighted by molar-refractivity contribution is 5.75. The SMILES string of the molecule is CC(C)n1c(OCOC(=O)C(C)(C)C)cc(C(F)(F)F)nc1=Nc1ccc(C(F)(F)F)cc1C(F)(F)F. The summed E-state index contributed by atoms with van der Waals surface area (Å²) in [6.45, 7) is 6.52. The maximum atomic E-state index is 13.6. The molecule has 0 saturated carbocycles. The highest BCUT2D eigenvalue weighted by Gasteiger charge is 2.39. The van der Waals surface area contributed by atoms with Crippen LogP contribution in [-0.4, -0.2) is 22.3 Å². The number of aromatic nitrogens is 2. The zero-order valence-electron chi connectivity index (χ0n) is 20.1. The van der Waals surface area contributed by atoms with E-state index in [-0.39, 0.29) is 6.07 Å². The van der Waals surface area contributed by atoms with Gasteiger partial charge in [0.2, 0.25) is 18.3 Å². The summed E-state index contributed by atoms with van der Waals surface area (Å²) in [6.07, 6.45) is -15.5. The van der Waals surface area contributed by atoms with Crippen LogP contribution in [0.3, 0.4) is 0 Å². The average Bonchev–Trinajstić information content (AvgIpc) is 2.70. The molecule has 6 nitrogen and oxygen atoms in total. The van der Waals surface area contributed by atoms with Crippen LogP contribution in [-0.2, 0) is 28.1 Å². The Morgan fingerprint density at radius 3 is 2.00 bits per heavy atom. The van der Waals surface area contributed by atoms with Gasteiger partial charge in [0.25, 0.3) is 0 Å². The molecule has 1 aromatic heterocycles. The highest BCUT2D eigenvalue weighted by atomic mass is 19.4. The number of carbonyl (C=O) groups excluding carboxylic acids is 1. The summed E-state index contributed by atoms with van der Waals surface area (Å²) in [4.78, 5) is 18.8. The first-order chi connectivity index (χ1) is 16.6. The van der Waals surface area contributed by atoms with Crippen molar-refractivity contribution in [3.05, 3.63) is 46.7 Å². The normalized spacial score (nSPS) is 13.8. The van der Waals surface area contributed by atoms with Crippen LogP contribution < -0.4 is 10.4 Å². The number of halogens is 9. The van der Waals surface area contributed by atoms with E-state index < -0.39 is 76.8 Å². The molecule has 0 bridgehead atoms. The van der Waals surface area contributed by atoms with E-state index in [0.29, 0.717) is 18.2 Å². The second-order valence-corrected chi connectivity index (χ2v) is 9.02. The summed E-state index contributed by atoms with van der Waals surface area (Å²) in [5.74, 6) is -1.36. The molecule has 0 aliphatic carbocycles. The Kier molecular flexibility index (Phi) is 8.30. The van der Waals surface area contributed by atoms with Gasteiger partial charge in [-0.15, -0.1) is 0 Å². The molecule has 1 aromatic carbocycles. The summed E-state index contributed by atoms with van der Waals surface area (Å²) >= 11 is 0. The number of hydrogen-bond donors (Lipinski definition) is 0. The Labute approximate surface area is 204 Å². The average molecular weight is 547 g/mol. The summed E-state index contributed by atoms with van der Waals surface area (Å²) in [7, 11) is 0. The molecule has 1 heterocycles. The fourth-order valence-electron chi connectivity index (χ4n) is 2.80. The topological polar surface area (TPSA) is 65.7 Å². The fourth-order valence-corrected chi connectivity index (χ4v) is 2.80. The Balaban J connectivity index is 2.77. The van der Waals surface area contributed by atoms with Gasteiger partial charge in [-0.25, -0.2) is 9.98 Å². The first-order valence-corrected chi connectivity index (χ1v) is 10.5. The Hall–Kier alpha value is -3.26. The smallest absolute Gasteiger partial charge is 0.433 e. The predicted molar refractivity (Wildman–Crippen MR) is 110 cm³/mol. The standard InChI is InChI=1S/C22H22F9N3O3/c1-11(2)34-16(36-10-37-17(35)19(3,4)5)9-15(22(29,30)31)33-18(34)32-14-7-6-12(20(23,24)25)8-13(14)21(26,27)28/h6-9,11H,10H2,1-5H3. The summed E-state index contributed by atoms with van der Waals surface area (Å²) in [6, 6.07) is 0.108. The van der Waals surface area contributed by atoms with E-state index in [1.165, 1.54) is 34.6 Å². The van der Waals surface area contributed by atoms with Crippen LogP contribution in [0.2, 0.25) is 0 Å². The van der Waals surface area contributed by atoms with Crippen LogP contribution in [0, 0.1) is 5.41 Å². The Bertz CT molecular complexity index is 1210. The molecule has 0 atom stereocenters. The largest absolute Gasteiger partial charge is 0.442 e. The van der Waals surface area contributed by atoms with Gasteiger partial charge in [0.05, 0.1) is 22.2 Å². The second kappa shape index (κ2) is 10.2. The molecule has 0 aliphatic heterocycles. The van der Waals surface area contributed by atoms with E-state index >= 15 is 0 Å². The van der Waals surface area contributed by atoms with E-state index in [1.54, 1.807) is 0 Å². The third kappa shape index (κ3) is 7.61. The molecule has 0 unspecified atom stereocenters. The molecule has 0 spiro atoms. The maximum absolute atomic E-state index is 13.6. The monoisotopic (exact) mass is 547 g/mol. The minimum absolute atomic E-state index is 0.199. The van der Waals surface area contributed by atoms with Crippen LogP contribution in [0.4, 0.5) is 45.2 Å². The van der Waals surface area contributed by atoms with Crippen LogP contribution in [0.25, 0.3) is 0 Å². The second-order valence-electron chi connectivity index (χ2n) is 9.02. The molecular weight excluding hydrogens is 525 g/mol. The summed E-state index contributed by atoms with van der Waals surface area (Å²) in [5.41, 5.74) is -8.08. The van der Waals surface area contributed by atoms with Gasteiger partial charge in [0.15, 0.2) is 5.69 Å². The molecule has 2 rings (SSSR count). The van der Waals surface area contributed by atoms with Crippen molar-refractivity contribution in [3.63, 3.8) is 0 Å². The van der Waals surface area contributed by atoms with Gasteiger partial charge in [-0.3, -0.25) is 9.36 Å². The van der Waals surface area contributed by atoms with E-state index in [1.807, 2.05) is 0 Å². The molecule has 0 radical (unpaired) electrons. The van der Waals surface area contributed by atoms with Crippen molar-refractivity contribution in [2.24, 2.45) is 10.4 Å². The molecular formula is C22H22F9N3O3. The first-order valence-electron chi connectivity index (χ1n) is 10.5. The van der Waals surface area contributed by atoms with Gasteiger partial charge in [-0.05, 0) is 52.8 Å². The quantitative estimate of drug-likeness (QED) is 0.238. The Morgan fingerprint density at radius 2 is 1.54 bits per heavy atom. The van der Waals surface area contributed by atoms with Crippen molar-refractivity contribution >= 4 is 11.7 Å². The van der Waals surface area contributed by atoms with Crippen LogP contribution in [0.5, 0.6) is 5.88 Å². The molecule has 0 N–H and O–H groups in total. The van der Waals surface area contributed by atoms with Crippen LogP contribution in [0.1, 0.15) is 57.5 Å². The lowest BCUT2D eigenvalue weighted by atomic mass is 9.98. The minimum atomic E-state index is -5.33. The van der Waals surface area contributed by atoms with E-state index in [9.17, 15) is 44.3 Å². The van der Waals surface area contributed by atoms with Gasteiger partial charge >= 0.3 is 24.5 Å². The molecule has 0 amide bonds. The lowest BCUT2D eigenvalue weighted by Crippen LogP contribution is -2.31. The summed E-state index contributed by atoms with van der Waals surface area (Å²) < 4.78 is 131. The van der Waals surface area contributed by atoms with Crippen LogP contribution in [0.15, 0.2) is 29.3 Å². The molecule has 2 aromatic rings. The zero-order valence-corrected chi connectivity index (χ0v) is 20.1. The van der Waals surface area contributed by atoms with Crippen molar-refractivity contribution in [2.75, 3.05) is 6.79 Å². The number of alkyl halides is 9. The molecule has 206 valence electrons. The lowest BCUT2D eigenvalue weighted by Gasteiger charge is -2.21. The number of carbonyl (C=O) groups is 1. The van der Waals surface area contributed by atoms with E-state index in [2.05, 4.69) is 9.98 Å². The maximum Gasteiger partial charge on any atom is 0.433 e. The fraction of sp³-hybridized carbons (Fsp3) is 0.500. The van der Waals surface area contributed by atoms with Crippen molar-refractivity contribution in [3.8, 4) is 5.88 Å². The van der Waals surface area contributed by atoms with Gasteiger partial charge < -0.3 is 9.47 Å². The van der Waals surface area contributed by atoms with Crippen molar-refractivity contribution in [1.82, 2.24) is 9.55 Å². The van der Waals surface area contributed by atoms with Crippen molar-refractivity contribution in [2.45, 2.75) is 59.2 Å². The molecule has 0 saturated heterocycles. The number of esters is 1. The van der Waals surface area contributed by atoms with Gasteiger partial charge in [0, 0.05) is 12.1 Å². The first kappa shape index (κ1) is 30.0. The minimum Gasteiger partial charge on any atom is -0.442 e. The molecule has 0 fully saturated rings. The number of benzene rings is 1. The molecule has 15 heteroatoms. The van der Waals surface area contributed by atoms with E-state index in [0.717, 1.165) is 4.57 Å². The number of nitrogens with zero attached hydrogens (tertiary/aromatic N) is 3. The number of hydrogen-bond acceptors (Lipinski definition) is 5. The summed E-state index contributed by atoms with van der Waals surface area (Å²) in [5, 5.41) is 0. The lowest BCUT2D eigenvalue weighted by molar-refractivity contribution is -0.160. The van der Waals surface area contributed by atoms with Crippen molar-refractivity contribution < 1.29 is 53.8 Å². The molecule has 0 aliphatic rings. The highest BCUT2D eigenvalue weighted by Crippen LogP contribution is 2.40. The number of ether oxygens (including phenoxy) is 2. The van der Waals surface area contributed by atoms with Crippen LogP contribution >= 0.6 is 0 Å². The number of rotatable bonds is 5. The van der Waals surface area contributed by atoms with Crippen molar-refractivity contribution in [1.29, 1.82) is 0 Å². The Morgan fingerprint density at radius 1 is 0.946 bits per heavy atom. The van der Waals surface area contributed by atoms with E-state index in [4.69, 9.17) is 9.47 Å². The molecule has 37 heavy (non-hydrogen) atoms. The third-order valence-corrected chi connectivity index (χ3v) is 4.60.